The SMILES string of the molecule is O=C(O)C1CCCN1C(c1ccc(C(F)(F)F)cc1)c1cccc(Cl)c1Cl. The highest BCUT2D eigenvalue weighted by molar-refractivity contribution is 6.42. The Hall–Kier alpha value is -1.76. The summed E-state index contributed by atoms with van der Waals surface area (Å²) >= 11 is 12.5. The number of rotatable bonds is 4. The van der Waals surface area contributed by atoms with Crippen LogP contribution in [-0.2, 0) is 11.0 Å². The molecule has 0 radical (unpaired) electrons. The lowest BCUT2D eigenvalue weighted by atomic mass is 9.95. The lowest BCUT2D eigenvalue weighted by Gasteiger charge is -2.32. The molecule has 144 valence electrons. The minimum absolute atomic E-state index is 0.264. The first-order valence-corrected chi connectivity index (χ1v) is 9.05. The molecule has 3 rings (SSSR count). The van der Waals surface area contributed by atoms with Crippen molar-refractivity contribution < 1.29 is 23.1 Å². The van der Waals surface area contributed by atoms with Gasteiger partial charge >= 0.3 is 12.1 Å². The molecule has 27 heavy (non-hydrogen) atoms. The van der Waals surface area contributed by atoms with Crippen LogP contribution in [0.15, 0.2) is 42.5 Å². The van der Waals surface area contributed by atoms with Crippen LogP contribution in [-0.4, -0.2) is 28.6 Å². The minimum Gasteiger partial charge on any atom is -0.480 e. The molecule has 0 spiro atoms. The van der Waals surface area contributed by atoms with Crippen molar-refractivity contribution in [3.63, 3.8) is 0 Å². The van der Waals surface area contributed by atoms with E-state index >= 15 is 0 Å². The van der Waals surface area contributed by atoms with Crippen LogP contribution in [0.1, 0.15) is 35.6 Å². The van der Waals surface area contributed by atoms with Crippen molar-refractivity contribution in [1.82, 2.24) is 4.90 Å². The third-order valence-electron chi connectivity index (χ3n) is 4.74. The largest absolute Gasteiger partial charge is 0.480 e. The van der Waals surface area contributed by atoms with E-state index in [1.54, 1.807) is 23.1 Å². The van der Waals surface area contributed by atoms with Gasteiger partial charge in [0.15, 0.2) is 0 Å². The van der Waals surface area contributed by atoms with Gasteiger partial charge in [-0.25, -0.2) is 0 Å². The smallest absolute Gasteiger partial charge is 0.416 e. The Labute approximate surface area is 164 Å². The van der Waals surface area contributed by atoms with E-state index in [1.165, 1.54) is 12.1 Å². The van der Waals surface area contributed by atoms with Gasteiger partial charge in [0.25, 0.3) is 0 Å². The molecule has 2 atom stereocenters. The molecule has 2 unspecified atom stereocenters. The van der Waals surface area contributed by atoms with E-state index < -0.39 is 29.8 Å². The maximum absolute atomic E-state index is 12.9. The standard InChI is InChI=1S/C19H16Cl2F3NO2/c20-14-4-1-3-13(16(14)21)17(25-10-2-5-15(25)18(26)27)11-6-8-12(9-7-11)19(22,23)24/h1,3-4,6-9,15,17H,2,5,10H2,(H,26,27). The summed E-state index contributed by atoms with van der Waals surface area (Å²) in [6, 6.07) is 8.37. The van der Waals surface area contributed by atoms with Crippen molar-refractivity contribution >= 4 is 29.2 Å². The maximum atomic E-state index is 12.9. The Bertz CT molecular complexity index is 840. The monoisotopic (exact) mass is 417 g/mol. The van der Waals surface area contributed by atoms with Crippen molar-refractivity contribution in [2.24, 2.45) is 0 Å². The van der Waals surface area contributed by atoms with Crippen molar-refractivity contribution in [3.8, 4) is 0 Å². The zero-order valence-electron chi connectivity index (χ0n) is 14.0. The van der Waals surface area contributed by atoms with Crippen LogP contribution >= 0.6 is 23.2 Å². The zero-order chi connectivity index (χ0) is 19.8. The normalized spacial score (nSPS) is 19.2. The van der Waals surface area contributed by atoms with Crippen molar-refractivity contribution in [3.05, 3.63) is 69.2 Å². The summed E-state index contributed by atoms with van der Waals surface area (Å²) in [5, 5.41) is 10.1. The van der Waals surface area contributed by atoms with Gasteiger partial charge in [-0.2, -0.15) is 13.2 Å². The number of alkyl halides is 3. The molecular weight excluding hydrogens is 402 g/mol. The molecule has 0 bridgehead atoms. The number of hydrogen-bond donors (Lipinski definition) is 1. The number of carboxylic acids is 1. The molecule has 0 aromatic heterocycles. The second-order valence-electron chi connectivity index (χ2n) is 6.40. The number of likely N-dealkylation sites (tertiary alicyclic amines) is 1. The van der Waals surface area contributed by atoms with E-state index in [9.17, 15) is 23.1 Å². The van der Waals surface area contributed by atoms with Crippen LogP contribution in [0.25, 0.3) is 0 Å². The van der Waals surface area contributed by atoms with E-state index in [-0.39, 0.29) is 5.02 Å². The van der Waals surface area contributed by atoms with Gasteiger partial charge < -0.3 is 5.11 Å². The number of carbonyl (C=O) groups is 1. The molecule has 1 N–H and O–H groups in total. The average Bonchev–Trinajstić information content (AvgIpc) is 3.08. The zero-order valence-corrected chi connectivity index (χ0v) is 15.5. The van der Waals surface area contributed by atoms with E-state index in [2.05, 4.69) is 0 Å². The van der Waals surface area contributed by atoms with E-state index in [4.69, 9.17) is 23.2 Å². The molecule has 3 nitrogen and oxygen atoms in total. The predicted octanol–water partition coefficient (Wildman–Crippen LogP) is 5.65. The van der Waals surface area contributed by atoms with E-state index in [0.717, 1.165) is 12.1 Å². The average molecular weight is 418 g/mol. The van der Waals surface area contributed by atoms with Gasteiger partial charge in [0.2, 0.25) is 0 Å². The summed E-state index contributed by atoms with van der Waals surface area (Å²) in [4.78, 5) is 13.4. The number of halogens is 5. The first-order chi connectivity index (χ1) is 12.7. The first kappa shape index (κ1) is 20.0. The van der Waals surface area contributed by atoms with Gasteiger partial charge in [-0.1, -0.05) is 47.5 Å². The lowest BCUT2D eigenvalue weighted by molar-refractivity contribution is -0.142. The van der Waals surface area contributed by atoms with Crippen molar-refractivity contribution in [2.45, 2.75) is 31.1 Å². The minimum atomic E-state index is -4.45. The summed E-state index contributed by atoms with van der Waals surface area (Å²) < 4.78 is 38.7. The molecule has 2 aromatic rings. The third-order valence-corrected chi connectivity index (χ3v) is 5.57. The van der Waals surface area contributed by atoms with Crippen LogP contribution in [0.3, 0.4) is 0 Å². The summed E-state index contributed by atoms with van der Waals surface area (Å²) in [6.45, 7) is 0.492. The summed E-state index contributed by atoms with van der Waals surface area (Å²) in [7, 11) is 0. The summed E-state index contributed by atoms with van der Waals surface area (Å²) in [6.07, 6.45) is -3.31. The Morgan fingerprint density at radius 1 is 1.15 bits per heavy atom. The number of hydrogen-bond acceptors (Lipinski definition) is 2. The lowest BCUT2D eigenvalue weighted by Crippen LogP contribution is -2.39. The van der Waals surface area contributed by atoms with Crippen LogP contribution in [0.5, 0.6) is 0 Å². The molecule has 1 aliphatic heterocycles. The summed E-state index contributed by atoms with van der Waals surface area (Å²) in [5.41, 5.74) is 0.329. The predicted molar refractivity (Wildman–Crippen MR) is 97.1 cm³/mol. The van der Waals surface area contributed by atoms with Gasteiger partial charge in [0.1, 0.15) is 6.04 Å². The van der Waals surface area contributed by atoms with E-state index in [0.29, 0.717) is 35.5 Å². The first-order valence-electron chi connectivity index (χ1n) is 8.29. The number of aliphatic carboxylic acids is 1. The molecule has 8 heteroatoms. The fraction of sp³-hybridized carbons (Fsp3) is 0.316. The van der Waals surface area contributed by atoms with Crippen molar-refractivity contribution in [2.75, 3.05) is 6.54 Å². The molecule has 1 aliphatic rings. The highest BCUT2D eigenvalue weighted by atomic mass is 35.5. The molecule has 1 heterocycles. The molecule has 0 saturated carbocycles. The Morgan fingerprint density at radius 3 is 2.41 bits per heavy atom. The molecule has 1 fully saturated rings. The molecule has 2 aromatic carbocycles. The quantitative estimate of drug-likeness (QED) is 0.698. The molecular formula is C19H16Cl2F3NO2. The van der Waals surface area contributed by atoms with E-state index in [1.807, 2.05) is 0 Å². The third kappa shape index (κ3) is 4.08. The number of carboxylic acid groups (broad SMARTS) is 1. The van der Waals surface area contributed by atoms with Crippen LogP contribution in [0, 0.1) is 0 Å². The van der Waals surface area contributed by atoms with Gasteiger partial charge in [-0.3, -0.25) is 9.69 Å². The van der Waals surface area contributed by atoms with Gasteiger partial charge in [-0.15, -0.1) is 0 Å². The molecule has 0 aliphatic carbocycles. The van der Waals surface area contributed by atoms with Crippen LogP contribution in [0.2, 0.25) is 10.0 Å². The molecule has 1 saturated heterocycles. The summed E-state index contributed by atoms with van der Waals surface area (Å²) in [5.74, 6) is -0.970. The highest BCUT2D eigenvalue weighted by Crippen LogP contribution is 2.41. The second-order valence-corrected chi connectivity index (χ2v) is 7.18. The number of benzene rings is 2. The number of nitrogens with zero attached hydrogens (tertiary/aromatic N) is 1. The Balaban J connectivity index is 2.10. The fourth-order valence-corrected chi connectivity index (χ4v) is 3.91. The van der Waals surface area contributed by atoms with Crippen molar-refractivity contribution in [1.29, 1.82) is 0 Å². The maximum Gasteiger partial charge on any atom is 0.416 e. The van der Waals surface area contributed by atoms with Gasteiger partial charge in [-0.05, 0) is 42.2 Å². The Morgan fingerprint density at radius 2 is 1.81 bits per heavy atom. The van der Waals surface area contributed by atoms with Gasteiger partial charge in [0, 0.05) is 6.54 Å². The Kier molecular flexibility index (Phi) is 5.70. The topological polar surface area (TPSA) is 40.5 Å². The van der Waals surface area contributed by atoms with Gasteiger partial charge in [0.05, 0.1) is 21.7 Å². The van der Waals surface area contributed by atoms with Crippen LogP contribution < -0.4 is 0 Å². The highest BCUT2D eigenvalue weighted by Gasteiger charge is 2.38. The fourth-order valence-electron chi connectivity index (χ4n) is 3.50. The van der Waals surface area contributed by atoms with Crippen LogP contribution in [0.4, 0.5) is 13.2 Å². The second kappa shape index (κ2) is 7.70. The molecule has 0 amide bonds.